The van der Waals surface area contributed by atoms with E-state index in [0.717, 1.165) is 12.1 Å². The summed E-state index contributed by atoms with van der Waals surface area (Å²) in [5.41, 5.74) is -0.130. The van der Waals surface area contributed by atoms with Crippen molar-refractivity contribution in [3.63, 3.8) is 0 Å². The number of ether oxygens (including phenoxy) is 1. The maximum absolute atomic E-state index is 14.3. The van der Waals surface area contributed by atoms with Gasteiger partial charge in [0.25, 0.3) is 5.56 Å². The third-order valence-corrected chi connectivity index (χ3v) is 6.55. The number of anilines is 1. The number of fused-ring (bicyclic) bond motifs is 1. The number of aryl methyl sites for hydroxylation is 1. The lowest BCUT2D eigenvalue weighted by Gasteiger charge is -2.14. The third kappa shape index (κ3) is 4.73. The van der Waals surface area contributed by atoms with Crippen LogP contribution in [-0.4, -0.2) is 34.8 Å². The molecule has 2 aromatic carbocycles. The Balaban J connectivity index is 1.97. The van der Waals surface area contributed by atoms with Crippen molar-refractivity contribution >= 4 is 32.6 Å². The molecule has 2 aromatic heterocycles. The fourth-order valence-corrected chi connectivity index (χ4v) is 4.22. The maximum Gasteiger partial charge on any atom is 0.352 e. The van der Waals surface area contributed by atoms with Crippen LogP contribution in [-0.2, 0) is 17.1 Å². The Bertz CT molecular complexity index is 1640. The molecular weight excluding hydrogens is 484 g/mol. The molecule has 0 radical (unpaired) electrons. The van der Waals surface area contributed by atoms with Gasteiger partial charge in [0.1, 0.15) is 22.8 Å². The van der Waals surface area contributed by atoms with Gasteiger partial charge >= 0.3 is 5.97 Å². The van der Waals surface area contributed by atoms with Crippen molar-refractivity contribution in [3.8, 4) is 22.6 Å². The van der Waals surface area contributed by atoms with Crippen LogP contribution in [0.4, 0.5) is 14.5 Å². The van der Waals surface area contributed by atoms with Gasteiger partial charge in [-0.2, -0.15) is 0 Å². The Morgan fingerprint density at radius 1 is 1.11 bits per heavy atom. The van der Waals surface area contributed by atoms with E-state index in [1.165, 1.54) is 42.0 Å². The molecule has 0 aliphatic carbocycles. The van der Waals surface area contributed by atoms with E-state index in [-0.39, 0.29) is 45.1 Å². The number of nitrogens with one attached hydrogen (secondary N) is 2. The smallest absolute Gasteiger partial charge is 0.352 e. The normalized spacial score (nSPS) is 11.5. The molecule has 4 aromatic rings. The topological polar surface area (TPSA) is 130 Å². The lowest BCUT2D eigenvalue weighted by molar-refractivity contribution is 0.0690. The van der Waals surface area contributed by atoms with Gasteiger partial charge in [0, 0.05) is 41.5 Å². The molecule has 0 saturated heterocycles. The Morgan fingerprint density at radius 2 is 1.83 bits per heavy atom. The summed E-state index contributed by atoms with van der Waals surface area (Å²) >= 11 is 0. The molecule has 0 fully saturated rings. The number of aromatic nitrogens is 2. The second kappa shape index (κ2) is 8.87. The molecule has 12 heteroatoms. The molecule has 0 bridgehead atoms. The summed E-state index contributed by atoms with van der Waals surface area (Å²) < 4.78 is 61.4. The lowest BCUT2D eigenvalue weighted by atomic mass is 10.0. The van der Waals surface area contributed by atoms with Gasteiger partial charge in [-0.05, 0) is 43.3 Å². The summed E-state index contributed by atoms with van der Waals surface area (Å²) in [5, 5.41) is 9.63. The van der Waals surface area contributed by atoms with Crippen LogP contribution in [0, 0.1) is 11.6 Å². The number of hydrogen-bond acceptors (Lipinski definition) is 5. The molecular formula is C23H19F2N3O6S. The first-order valence-electron chi connectivity index (χ1n) is 10.2. The van der Waals surface area contributed by atoms with Crippen molar-refractivity contribution in [2.45, 2.75) is 6.92 Å². The second-order valence-electron chi connectivity index (χ2n) is 7.63. The molecule has 0 aliphatic rings. The molecule has 0 saturated carbocycles. The van der Waals surface area contributed by atoms with Gasteiger partial charge in [-0.25, -0.2) is 22.0 Å². The van der Waals surface area contributed by atoms with Crippen LogP contribution in [0.1, 0.15) is 17.4 Å². The Kier molecular flexibility index (Phi) is 6.07. The highest BCUT2D eigenvalue weighted by atomic mass is 32.2. The van der Waals surface area contributed by atoms with Crippen LogP contribution in [0.25, 0.3) is 22.0 Å². The number of sulfonamides is 1. The molecule has 0 unspecified atom stereocenters. The second-order valence-corrected chi connectivity index (χ2v) is 9.64. The van der Waals surface area contributed by atoms with Crippen molar-refractivity contribution in [2.75, 3.05) is 10.5 Å². The van der Waals surface area contributed by atoms with Crippen molar-refractivity contribution in [2.24, 2.45) is 7.05 Å². The minimum absolute atomic E-state index is 0.0552. The molecule has 0 spiro atoms. The number of carboxylic acid groups (broad SMARTS) is 1. The van der Waals surface area contributed by atoms with E-state index in [0.29, 0.717) is 11.6 Å². The van der Waals surface area contributed by atoms with Crippen molar-refractivity contribution < 1.29 is 31.8 Å². The zero-order chi connectivity index (χ0) is 25.5. The molecule has 4 rings (SSSR count). The number of pyridine rings is 1. The van der Waals surface area contributed by atoms with E-state index in [1.54, 1.807) is 7.05 Å². The number of halogens is 2. The highest BCUT2D eigenvalue weighted by Crippen LogP contribution is 2.40. The average molecular weight is 503 g/mol. The molecule has 0 aliphatic heterocycles. The Labute approximate surface area is 197 Å². The van der Waals surface area contributed by atoms with E-state index >= 15 is 0 Å². The summed E-state index contributed by atoms with van der Waals surface area (Å²) in [7, 11) is -2.07. The molecule has 0 amide bonds. The number of nitrogens with zero attached hydrogens (tertiary/aromatic N) is 1. The van der Waals surface area contributed by atoms with E-state index in [4.69, 9.17) is 4.74 Å². The first-order valence-corrected chi connectivity index (χ1v) is 11.9. The third-order valence-electron chi connectivity index (χ3n) is 5.24. The lowest BCUT2D eigenvalue weighted by Crippen LogP contribution is -2.14. The molecule has 2 heterocycles. The van der Waals surface area contributed by atoms with Crippen LogP contribution >= 0.6 is 0 Å². The Hall–Kier alpha value is -4.19. The van der Waals surface area contributed by atoms with Crippen LogP contribution < -0.4 is 15.0 Å². The SMILES string of the molecule is CCS(=O)(=O)Nc1ccc(Oc2ccc(F)cc2F)c(-c2cn(C)c3c(=O)[nH]c(C(=O)O)cc23)c1. The molecule has 35 heavy (non-hydrogen) atoms. The average Bonchev–Trinajstić information content (AvgIpc) is 3.13. The van der Waals surface area contributed by atoms with Gasteiger partial charge in [0.15, 0.2) is 11.6 Å². The number of rotatable bonds is 7. The summed E-state index contributed by atoms with van der Waals surface area (Å²) in [4.78, 5) is 26.4. The zero-order valence-corrected chi connectivity index (χ0v) is 19.2. The van der Waals surface area contributed by atoms with Gasteiger partial charge in [0.05, 0.1) is 5.75 Å². The molecule has 182 valence electrons. The van der Waals surface area contributed by atoms with Crippen molar-refractivity contribution in [1.82, 2.24) is 9.55 Å². The fourth-order valence-electron chi connectivity index (χ4n) is 3.59. The van der Waals surface area contributed by atoms with Crippen LogP contribution in [0.3, 0.4) is 0 Å². The van der Waals surface area contributed by atoms with Gasteiger partial charge in [-0.1, -0.05) is 0 Å². The summed E-state index contributed by atoms with van der Waals surface area (Å²) in [6.45, 7) is 1.46. The number of carbonyl (C=O) groups is 1. The van der Waals surface area contributed by atoms with Gasteiger partial charge < -0.3 is 19.4 Å². The number of hydrogen-bond donors (Lipinski definition) is 3. The monoisotopic (exact) mass is 503 g/mol. The highest BCUT2D eigenvalue weighted by molar-refractivity contribution is 7.92. The van der Waals surface area contributed by atoms with Crippen molar-refractivity contribution in [1.29, 1.82) is 0 Å². The molecule has 9 nitrogen and oxygen atoms in total. The summed E-state index contributed by atoms with van der Waals surface area (Å²) in [5.74, 6) is -3.54. The first-order chi connectivity index (χ1) is 16.5. The fraction of sp³-hybridized carbons (Fsp3) is 0.130. The first kappa shape index (κ1) is 24.0. The quantitative estimate of drug-likeness (QED) is 0.349. The van der Waals surface area contributed by atoms with E-state index in [1.807, 2.05) is 0 Å². The number of aromatic amines is 1. The van der Waals surface area contributed by atoms with Crippen LogP contribution in [0.2, 0.25) is 0 Å². The standard InChI is InChI=1S/C23H19F2N3O6S/c1-3-35(32,33)27-13-5-7-19(34-20-6-4-12(24)8-17(20)25)14(9-13)16-11-28(2)21-15(16)10-18(23(30)31)26-22(21)29/h4-11,27H,3H2,1-2H3,(H,26,29)(H,30,31). The predicted octanol–water partition coefficient (Wildman–Crippen LogP) is 4.06. The largest absolute Gasteiger partial charge is 0.477 e. The summed E-state index contributed by atoms with van der Waals surface area (Å²) in [6.07, 6.45) is 1.53. The minimum atomic E-state index is -3.65. The number of H-pyrrole nitrogens is 1. The number of carboxylic acids is 1. The molecule has 3 N–H and O–H groups in total. The summed E-state index contributed by atoms with van der Waals surface area (Å²) in [6, 6.07) is 8.22. The van der Waals surface area contributed by atoms with Gasteiger partial charge in [0.2, 0.25) is 10.0 Å². The Morgan fingerprint density at radius 3 is 2.49 bits per heavy atom. The molecule has 0 atom stereocenters. The van der Waals surface area contributed by atoms with Crippen LogP contribution in [0.5, 0.6) is 11.5 Å². The van der Waals surface area contributed by atoms with E-state index < -0.39 is 33.2 Å². The van der Waals surface area contributed by atoms with Gasteiger partial charge in [-0.3, -0.25) is 9.52 Å². The zero-order valence-electron chi connectivity index (χ0n) is 18.4. The maximum atomic E-state index is 14.3. The number of benzene rings is 2. The van der Waals surface area contributed by atoms with E-state index in [2.05, 4.69) is 9.71 Å². The number of aromatic carboxylic acids is 1. The van der Waals surface area contributed by atoms with E-state index in [9.17, 15) is 31.9 Å². The highest BCUT2D eigenvalue weighted by Gasteiger charge is 2.20. The minimum Gasteiger partial charge on any atom is -0.477 e. The van der Waals surface area contributed by atoms with Gasteiger partial charge in [-0.15, -0.1) is 0 Å². The van der Waals surface area contributed by atoms with Crippen LogP contribution in [0.15, 0.2) is 53.5 Å². The van der Waals surface area contributed by atoms with Crippen molar-refractivity contribution in [3.05, 3.63) is 76.3 Å². The predicted molar refractivity (Wildman–Crippen MR) is 125 cm³/mol.